The van der Waals surface area contributed by atoms with Gasteiger partial charge in [0.2, 0.25) is 5.91 Å². The predicted octanol–water partition coefficient (Wildman–Crippen LogP) is 2.94. The molecule has 0 saturated carbocycles. The lowest BCUT2D eigenvalue weighted by Crippen LogP contribution is -2.32. The van der Waals surface area contributed by atoms with Gasteiger partial charge in [0.15, 0.2) is 0 Å². The van der Waals surface area contributed by atoms with Gasteiger partial charge in [0.05, 0.1) is 0 Å². The van der Waals surface area contributed by atoms with Crippen LogP contribution in [-0.4, -0.2) is 25.5 Å². The number of fused-ring (bicyclic) bond motifs is 1. The van der Waals surface area contributed by atoms with E-state index in [0.717, 1.165) is 18.7 Å². The summed E-state index contributed by atoms with van der Waals surface area (Å²) in [5.74, 6) is -0.0209. The highest BCUT2D eigenvalue weighted by Crippen LogP contribution is 2.27. The number of amides is 1. The van der Waals surface area contributed by atoms with Crippen molar-refractivity contribution >= 4 is 11.6 Å². The Hall–Kier alpha value is -2.20. The van der Waals surface area contributed by atoms with Crippen LogP contribution in [0.25, 0.3) is 0 Å². The summed E-state index contributed by atoms with van der Waals surface area (Å²) < 4.78 is 13.5. The van der Waals surface area contributed by atoms with E-state index in [0.29, 0.717) is 31.5 Å². The fourth-order valence-corrected chi connectivity index (χ4v) is 2.98. The lowest BCUT2D eigenvalue weighted by atomic mass is 10.1. The smallest absolute Gasteiger partial charge is 0.228 e. The molecule has 0 aromatic heterocycles. The molecule has 0 saturated heterocycles. The Morgan fingerprint density at radius 1 is 1.09 bits per heavy atom. The molecule has 0 bridgehead atoms. The zero-order valence-corrected chi connectivity index (χ0v) is 13.1. The van der Waals surface area contributed by atoms with E-state index < -0.39 is 0 Å². The fraction of sp³-hybridized carbons (Fsp3) is 0.316. The molecule has 1 amide bonds. The Labute approximate surface area is 136 Å². The van der Waals surface area contributed by atoms with Gasteiger partial charge in [-0.3, -0.25) is 4.79 Å². The molecule has 1 heterocycles. The second-order valence-electron chi connectivity index (χ2n) is 5.77. The van der Waals surface area contributed by atoms with Gasteiger partial charge in [0.25, 0.3) is 0 Å². The van der Waals surface area contributed by atoms with E-state index in [-0.39, 0.29) is 11.7 Å². The number of carbonyl (C=O) groups excluding carboxylic acids is 1. The van der Waals surface area contributed by atoms with Crippen LogP contribution in [0.5, 0.6) is 0 Å². The summed E-state index contributed by atoms with van der Waals surface area (Å²) in [6.45, 7) is 2.06. The number of anilines is 1. The molecule has 1 aliphatic heterocycles. The van der Waals surface area contributed by atoms with Crippen molar-refractivity contribution in [1.29, 1.82) is 0 Å². The minimum atomic E-state index is -0.168. The molecule has 120 valence electrons. The maximum absolute atomic E-state index is 13.5. The molecule has 1 aliphatic rings. The first-order valence-corrected chi connectivity index (χ1v) is 8.08. The molecule has 0 unspecified atom stereocenters. The largest absolute Gasteiger partial charge is 0.316 e. The summed E-state index contributed by atoms with van der Waals surface area (Å²) >= 11 is 0. The van der Waals surface area contributed by atoms with Gasteiger partial charge in [-0.05, 0) is 42.6 Å². The molecule has 0 atom stereocenters. The number of benzene rings is 2. The molecular formula is C19H21FN2O. The average Bonchev–Trinajstić information content (AvgIpc) is 3.00. The van der Waals surface area contributed by atoms with E-state index in [9.17, 15) is 9.18 Å². The molecule has 2 aromatic carbocycles. The van der Waals surface area contributed by atoms with Crippen molar-refractivity contribution in [3.63, 3.8) is 0 Å². The van der Waals surface area contributed by atoms with Crippen molar-refractivity contribution in [2.75, 3.05) is 24.5 Å². The van der Waals surface area contributed by atoms with Crippen molar-refractivity contribution in [3.05, 3.63) is 65.5 Å². The number of nitrogens with one attached hydrogen (secondary N) is 1. The van der Waals surface area contributed by atoms with Crippen LogP contribution in [0.3, 0.4) is 0 Å². The van der Waals surface area contributed by atoms with Crippen molar-refractivity contribution in [1.82, 2.24) is 5.32 Å². The number of carbonyl (C=O) groups is 1. The standard InChI is InChI=1S/C19H21FN2O/c20-17-7-3-1-5-15(17)9-12-21-13-10-19(23)22-14-11-16-6-2-4-8-18(16)22/h1-8,21H,9-14H2. The second-order valence-corrected chi connectivity index (χ2v) is 5.77. The molecule has 0 radical (unpaired) electrons. The SMILES string of the molecule is O=C(CCNCCc1ccccc1F)N1CCc2ccccc21. The molecule has 1 N–H and O–H groups in total. The number of rotatable bonds is 6. The highest BCUT2D eigenvalue weighted by Gasteiger charge is 2.23. The van der Waals surface area contributed by atoms with Gasteiger partial charge in [-0.25, -0.2) is 4.39 Å². The third-order valence-electron chi connectivity index (χ3n) is 4.23. The van der Waals surface area contributed by atoms with Gasteiger partial charge >= 0.3 is 0 Å². The van der Waals surface area contributed by atoms with Gasteiger partial charge in [-0.2, -0.15) is 0 Å². The van der Waals surface area contributed by atoms with Crippen LogP contribution in [-0.2, 0) is 17.6 Å². The quantitative estimate of drug-likeness (QED) is 0.832. The van der Waals surface area contributed by atoms with E-state index >= 15 is 0 Å². The van der Waals surface area contributed by atoms with Crippen LogP contribution in [0.15, 0.2) is 48.5 Å². The zero-order valence-electron chi connectivity index (χ0n) is 13.1. The normalized spacial score (nSPS) is 13.2. The van der Waals surface area contributed by atoms with Crippen molar-refractivity contribution in [3.8, 4) is 0 Å². The third-order valence-corrected chi connectivity index (χ3v) is 4.23. The maximum atomic E-state index is 13.5. The fourth-order valence-electron chi connectivity index (χ4n) is 2.98. The Bertz CT molecular complexity index is 687. The topological polar surface area (TPSA) is 32.3 Å². The van der Waals surface area contributed by atoms with E-state index in [4.69, 9.17) is 0 Å². The van der Waals surface area contributed by atoms with E-state index in [1.54, 1.807) is 12.1 Å². The number of nitrogens with zero attached hydrogens (tertiary/aromatic N) is 1. The molecule has 23 heavy (non-hydrogen) atoms. The molecule has 3 rings (SSSR count). The Balaban J connectivity index is 1.41. The van der Waals surface area contributed by atoms with E-state index in [1.807, 2.05) is 29.2 Å². The van der Waals surface area contributed by atoms with Gasteiger partial charge in [0.1, 0.15) is 5.82 Å². The Kier molecular flexibility index (Phi) is 5.03. The first-order chi connectivity index (χ1) is 11.3. The first kappa shape index (κ1) is 15.7. The second kappa shape index (κ2) is 7.38. The number of hydrogen-bond acceptors (Lipinski definition) is 2. The first-order valence-electron chi connectivity index (χ1n) is 8.08. The molecule has 3 nitrogen and oxygen atoms in total. The van der Waals surface area contributed by atoms with Gasteiger partial charge in [0, 0.05) is 25.2 Å². The van der Waals surface area contributed by atoms with Crippen LogP contribution in [0.4, 0.5) is 10.1 Å². The molecule has 0 spiro atoms. The summed E-state index contributed by atoms with van der Waals surface area (Å²) in [5.41, 5.74) is 3.00. The zero-order chi connectivity index (χ0) is 16.1. The molecule has 0 aliphatic carbocycles. The van der Waals surface area contributed by atoms with Crippen LogP contribution in [0.1, 0.15) is 17.5 Å². The molecule has 2 aromatic rings. The van der Waals surface area contributed by atoms with Crippen molar-refractivity contribution in [2.45, 2.75) is 19.3 Å². The predicted molar refractivity (Wildman–Crippen MR) is 90.1 cm³/mol. The third kappa shape index (κ3) is 3.77. The molecular weight excluding hydrogens is 291 g/mol. The highest BCUT2D eigenvalue weighted by atomic mass is 19.1. The number of halogens is 1. The van der Waals surface area contributed by atoms with Crippen LogP contribution in [0, 0.1) is 5.82 Å². The van der Waals surface area contributed by atoms with Gasteiger partial charge in [-0.1, -0.05) is 36.4 Å². The lowest BCUT2D eigenvalue weighted by molar-refractivity contribution is -0.118. The minimum Gasteiger partial charge on any atom is -0.316 e. The highest BCUT2D eigenvalue weighted by molar-refractivity contribution is 5.95. The van der Waals surface area contributed by atoms with Crippen molar-refractivity contribution < 1.29 is 9.18 Å². The van der Waals surface area contributed by atoms with Gasteiger partial charge < -0.3 is 10.2 Å². The Morgan fingerprint density at radius 2 is 1.87 bits per heavy atom. The maximum Gasteiger partial charge on any atom is 0.228 e. The summed E-state index contributed by atoms with van der Waals surface area (Å²) in [6, 6.07) is 14.9. The minimum absolute atomic E-state index is 0.147. The summed E-state index contributed by atoms with van der Waals surface area (Å²) in [5, 5.41) is 3.23. The van der Waals surface area contributed by atoms with E-state index in [2.05, 4.69) is 11.4 Å². The molecule has 4 heteroatoms. The summed E-state index contributed by atoms with van der Waals surface area (Å²) in [7, 11) is 0. The lowest BCUT2D eigenvalue weighted by Gasteiger charge is -2.17. The van der Waals surface area contributed by atoms with Crippen LogP contribution in [0.2, 0.25) is 0 Å². The van der Waals surface area contributed by atoms with E-state index in [1.165, 1.54) is 11.6 Å². The van der Waals surface area contributed by atoms with Crippen LogP contribution < -0.4 is 10.2 Å². The van der Waals surface area contributed by atoms with Crippen molar-refractivity contribution in [2.24, 2.45) is 0 Å². The average molecular weight is 312 g/mol. The van der Waals surface area contributed by atoms with Gasteiger partial charge in [-0.15, -0.1) is 0 Å². The van der Waals surface area contributed by atoms with Crippen LogP contribution >= 0.6 is 0 Å². The summed E-state index contributed by atoms with van der Waals surface area (Å²) in [6.07, 6.45) is 2.03. The monoisotopic (exact) mass is 312 g/mol. The summed E-state index contributed by atoms with van der Waals surface area (Å²) in [4.78, 5) is 14.2. The Morgan fingerprint density at radius 3 is 2.74 bits per heavy atom. The number of hydrogen-bond donors (Lipinski definition) is 1. The molecule has 0 fully saturated rings. The number of para-hydroxylation sites is 1.